The van der Waals surface area contributed by atoms with E-state index < -0.39 is 6.09 Å². The van der Waals surface area contributed by atoms with E-state index in [1.54, 1.807) is 7.11 Å². The molecule has 1 amide bonds. The van der Waals surface area contributed by atoms with E-state index >= 15 is 0 Å². The van der Waals surface area contributed by atoms with Gasteiger partial charge in [0, 0.05) is 7.11 Å². The molecular formula is C20H23NO4. The molecule has 0 heterocycles. The molecule has 0 saturated heterocycles. The Morgan fingerprint density at radius 2 is 2.00 bits per heavy atom. The van der Waals surface area contributed by atoms with Gasteiger partial charge >= 0.3 is 6.09 Å². The minimum absolute atomic E-state index is 0.150. The van der Waals surface area contributed by atoms with E-state index in [-0.39, 0.29) is 18.2 Å². The molecule has 0 radical (unpaired) electrons. The third kappa shape index (κ3) is 3.61. The third-order valence-corrected chi connectivity index (χ3v) is 4.66. The van der Waals surface area contributed by atoms with Crippen molar-refractivity contribution in [2.45, 2.75) is 26.3 Å². The molecule has 2 aromatic rings. The quantitative estimate of drug-likeness (QED) is 0.799. The summed E-state index contributed by atoms with van der Waals surface area (Å²) in [4.78, 5) is 11.1. The van der Waals surface area contributed by atoms with Crippen molar-refractivity contribution < 1.29 is 19.4 Å². The first-order chi connectivity index (χ1) is 11.9. The number of amides is 1. The van der Waals surface area contributed by atoms with Crippen LogP contribution in [-0.4, -0.2) is 25.1 Å². The average molecular weight is 341 g/mol. The maximum atomic E-state index is 11.1. The number of fused-ring (bicyclic) bond motifs is 1. The highest BCUT2D eigenvalue weighted by Crippen LogP contribution is 2.46. The van der Waals surface area contributed by atoms with Gasteiger partial charge in [0.15, 0.2) is 6.79 Å². The topological polar surface area (TPSA) is 67.8 Å². The molecular weight excluding hydrogens is 318 g/mol. The summed E-state index contributed by atoms with van der Waals surface area (Å²) in [7, 11) is 1.59. The van der Waals surface area contributed by atoms with E-state index in [2.05, 4.69) is 25.2 Å². The van der Waals surface area contributed by atoms with E-state index in [4.69, 9.17) is 14.6 Å². The van der Waals surface area contributed by atoms with E-state index in [9.17, 15) is 4.79 Å². The molecule has 3 rings (SSSR count). The standard InChI is InChI=1S/C20H23NO4/c1-20(2)11-15-9-14(7-8-17(15)18(20)21-19(22)23)13-5-4-6-16(10-13)25-12-24-3/h4-10,18,21H,11-12H2,1-3H3,(H,22,23). The second-order valence-electron chi connectivity index (χ2n) is 7.04. The lowest BCUT2D eigenvalue weighted by Gasteiger charge is -2.27. The number of ether oxygens (including phenoxy) is 2. The monoisotopic (exact) mass is 341 g/mol. The first kappa shape index (κ1) is 17.3. The molecule has 1 unspecified atom stereocenters. The largest absolute Gasteiger partial charge is 0.468 e. The Balaban J connectivity index is 1.91. The van der Waals surface area contributed by atoms with Crippen LogP contribution in [0.15, 0.2) is 42.5 Å². The molecule has 2 N–H and O–H groups in total. The lowest BCUT2D eigenvalue weighted by Crippen LogP contribution is -2.34. The van der Waals surface area contributed by atoms with E-state index in [1.807, 2.05) is 36.4 Å². The summed E-state index contributed by atoms with van der Waals surface area (Å²) in [6, 6.07) is 13.9. The first-order valence-electron chi connectivity index (χ1n) is 8.25. The number of carboxylic acid groups (broad SMARTS) is 1. The van der Waals surface area contributed by atoms with Crippen LogP contribution >= 0.6 is 0 Å². The number of hydrogen-bond acceptors (Lipinski definition) is 3. The van der Waals surface area contributed by atoms with Crippen molar-refractivity contribution in [3.63, 3.8) is 0 Å². The van der Waals surface area contributed by atoms with Crippen LogP contribution in [0.25, 0.3) is 11.1 Å². The molecule has 5 nitrogen and oxygen atoms in total. The smallest absolute Gasteiger partial charge is 0.405 e. The molecule has 0 aromatic heterocycles. The minimum Gasteiger partial charge on any atom is -0.468 e. The number of rotatable bonds is 5. The molecule has 0 fully saturated rings. The van der Waals surface area contributed by atoms with Crippen molar-refractivity contribution >= 4 is 6.09 Å². The Labute approximate surface area is 147 Å². The van der Waals surface area contributed by atoms with Crippen molar-refractivity contribution in [1.82, 2.24) is 5.32 Å². The fourth-order valence-corrected chi connectivity index (χ4v) is 3.52. The molecule has 0 bridgehead atoms. The highest BCUT2D eigenvalue weighted by Gasteiger charge is 2.39. The Hall–Kier alpha value is -2.53. The third-order valence-electron chi connectivity index (χ3n) is 4.66. The molecule has 0 spiro atoms. The van der Waals surface area contributed by atoms with E-state index in [0.29, 0.717) is 0 Å². The van der Waals surface area contributed by atoms with Gasteiger partial charge in [-0.3, -0.25) is 0 Å². The lowest BCUT2D eigenvalue weighted by molar-refractivity contribution is 0.0511. The highest BCUT2D eigenvalue weighted by molar-refractivity contribution is 5.69. The number of nitrogens with one attached hydrogen (secondary N) is 1. The molecule has 0 saturated carbocycles. The van der Waals surface area contributed by atoms with Crippen LogP contribution in [0.4, 0.5) is 4.79 Å². The summed E-state index contributed by atoms with van der Waals surface area (Å²) >= 11 is 0. The fraction of sp³-hybridized carbons (Fsp3) is 0.350. The van der Waals surface area contributed by atoms with Crippen molar-refractivity contribution in [3.8, 4) is 16.9 Å². The maximum absolute atomic E-state index is 11.1. The number of methoxy groups -OCH3 is 1. The van der Waals surface area contributed by atoms with Crippen LogP contribution in [-0.2, 0) is 11.2 Å². The molecule has 1 aliphatic rings. The van der Waals surface area contributed by atoms with Crippen LogP contribution in [0.3, 0.4) is 0 Å². The van der Waals surface area contributed by atoms with Crippen molar-refractivity contribution in [2.75, 3.05) is 13.9 Å². The Bertz CT molecular complexity index is 785. The molecule has 25 heavy (non-hydrogen) atoms. The molecule has 5 heteroatoms. The van der Waals surface area contributed by atoms with Crippen molar-refractivity contribution in [1.29, 1.82) is 0 Å². The van der Waals surface area contributed by atoms with Crippen LogP contribution < -0.4 is 10.1 Å². The molecule has 1 atom stereocenters. The second-order valence-corrected chi connectivity index (χ2v) is 7.04. The lowest BCUT2D eigenvalue weighted by atomic mass is 9.85. The van der Waals surface area contributed by atoms with E-state index in [1.165, 1.54) is 5.56 Å². The van der Waals surface area contributed by atoms with Gasteiger partial charge in [-0.25, -0.2) is 4.79 Å². The predicted molar refractivity (Wildman–Crippen MR) is 95.8 cm³/mol. The summed E-state index contributed by atoms with van der Waals surface area (Å²) < 4.78 is 10.4. The van der Waals surface area contributed by atoms with Gasteiger partial charge in [0.05, 0.1) is 6.04 Å². The average Bonchev–Trinajstić information content (AvgIpc) is 2.82. The van der Waals surface area contributed by atoms with Gasteiger partial charge in [0.25, 0.3) is 0 Å². The van der Waals surface area contributed by atoms with Crippen LogP contribution in [0, 0.1) is 5.41 Å². The van der Waals surface area contributed by atoms with Crippen molar-refractivity contribution in [2.24, 2.45) is 5.41 Å². The Morgan fingerprint density at radius 3 is 2.72 bits per heavy atom. The van der Waals surface area contributed by atoms with Gasteiger partial charge in [0.2, 0.25) is 0 Å². The highest BCUT2D eigenvalue weighted by atomic mass is 16.7. The fourth-order valence-electron chi connectivity index (χ4n) is 3.52. The van der Waals surface area contributed by atoms with E-state index in [0.717, 1.165) is 28.9 Å². The summed E-state index contributed by atoms with van der Waals surface area (Å²) in [6.45, 7) is 4.39. The normalized spacial score (nSPS) is 17.8. The van der Waals surface area contributed by atoms with Gasteiger partial charge in [0.1, 0.15) is 5.75 Å². The van der Waals surface area contributed by atoms with Gasteiger partial charge < -0.3 is 19.9 Å². The molecule has 132 valence electrons. The summed E-state index contributed by atoms with van der Waals surface area (Å²) in [5, 5.41) is 11.8. The summed E-state index contributed by atoms with van der Waals surface area (Å²) in [5.41, 5.74) is 4.24. The number of hydrogen-bond donors (Lipinski definition) is 2. The summed E-state index contributed by atoms with van der Waals surface area (Å²) in [5.74, 6) is 0.755. The van der Waals surface area contributed by atoms with Crippen LogP contribution in [0.5, 0.6) is 5.75 Å². The SMILES string of the molecule is COCOc1cccc(-c2ccc3c(c2)CC(C)(C)C3NC(=O)O)c1. The maximum Gasteiger partial charge on any atom is 0.405 e. The number of carbonyl (C=O) groups is 1. The van der Waals surface area contributed by atoms with Gasteiger partial charge in [-0.15, -0.1) is 0 Å². The van der Waals surface area contributed by atoms with Crippen LogP contribution in [0.2, 0.25) is 0 Å². The minimum atomic E-state index is -0.988. The summed E-state index contributed by atoms with van der Waals surface area (Å²) in [6.07, 6.45) is -0.154. The second kappa shape index (κ2) is 6.76. The molecule has 2 aromatic carbocycles. The van der Waals surface area contributed by atoms with Crippen molar-refractivity contribution in [3.05, 3.63) is 53.6 Å². The van der Waals surface area contributed by atoms with Crippen LogP contribution in [0.1, 0.15) is 31.0 Å². The Morgan fingerprint density at radius 1 is 1.24 bits per heavy atom. The number of benzene rings is 2. The Kier molecular flexibility index (Phi) is 4.68. The zero-order chi connectivity index (χ0) is 18.0. The predicted octanol–water partition coefficient (Wildman–Crippen LogP) is 4.23. The molecule has 0 aliphatic heterocycles. The molecule has 1 aliphatic carbocycles. The first-order valence-corrected chi connectivity index (χ1v) is 8.25. The zero-order valence-corrected chi connectivity index (χ0v) is 14.7. The van der Waals surface area contributed by atoms with Gasteiger partial charge in [-0.1, -0.05) is 44.2 Å². The van der Waals surface area contributed by atoms with Gasteiger partial charge in [-0.05, 0) is 46.2 Å². The zero-order valence-electron chi connectivity index (χ0n) is 14.7. The van der Waals surface area contributed by atoms with Gasteiger partial charge in [-0.2, -0.15) is 0 Å².